The predicted octanol–water partition coefficient (Wildman–Crippen LogP) is 3.71. The largest absolute Gasteiger partial charge is 0.355 e. The first kappa shape index (κ1) is 21.5. The number of rotatable bonds is 7. The van der Waals surface area contributed by atoms with Crippen LogP contribution in [-0.4, -0.2) is 30.7 Å². The summed E-state index contributed by atoms with van der Waals surface area (Å²) in [6, 6.07) is 11.0. The van der Waals surface area contributed by atoms with Crippen molar-refractivity contribution in [1.82, 2.24) is 20.4 Å². The number of hydrazine groups is 1. The third kappa shape index (κ3) is 4.49. The van der Waals surface area contributed by atoms with E-state index in [1.807, 2.05) is 25.1 Å². The first-order valence-electron chi connectivity index (χ1n) is 9.27. The average Bonchev–Trinajstić information content (AvgIpc) is 3.18. The Hall–Kier alpha value is -4.72. The van der Waals surface area contributed by atoms with E-state index in [1.165, 1.54) is 35.6 Å². The molecule has 4 aromatic rings. The van der Waals surface area contributed by atoms with Gasteiger partial charge in [0.2, 0.25) is 11.6 Å². The molecule has 0 saturated heterocycles. The Bertz CT molecular complexity index is 1410. The summed E-state index contributed by atoms with van der Waals surface area (Å²) in [7, 11) is 0. The van der Waals surface area contributed by atoms with E-state index in [-0.39, 0.29) is 17.2 Å². The van der Waals surface area contributed by atoms with Gasteiger partial charge in [0, 0.05) is 6.07 Å². The Morgan fingerprint density at radius 3 is 2.55 bits per heavy atom. The van der Waals surface area contributed by atoms with Crippen LogP contribution in [0.25, 0.3) is 10.2 Å². The lowest BCUT2D eigenvalue weighted by atomic mass is 10.2. The molecular weight excluding hydrogens is 452 g/mol. The van der Waals surface area contributed by atoms with E-state index in [0.717, 1.165) is 22.1 Å². The van der Waals surface area contributed by atoms with E-state index >= 15 is 0 Å². The first-order chi connectivity index (χ1) is 15.8. The van der Waals surface area contributed by atoms with Crippen molar-refractivity contribution in [2.24, 2.45) is 0 Å². The molecule has 0 bridgehead atoms. The van der Waals surface area contributed by atoms with E-state index in [9.17, 15) is 25.0 Å². The monoisotopic (exact) mass is 466 g/mol. The number of carbonyl (C=O) groups is 1. The highest BCUT2D eigenvalue weighted by molar-refractivity contribution is 7.22. The number of fused-ring (bicyclic) bond motifs is 1. The van der Waals surface area contributed by atoms with E-state index in [0.29, 0.717) is 5.13 Å². The SMILES string of the molecule is Cc1ccc2nc(Nc3ncnc(NNC(=O)c4ccccc4[N+](=O)[O-])c3[N+](=O)[O-])sc2c1. The molecule has 166 valence electrons. The normalized spacial score (nSPS) is 10.6. The molecule has 13 nitrogen and oxygen atoms in total. The second-order valence-electron chi connectivity index (χ2n) is 6.65. The number of hydrogen-bond acceptors (Lipinski definition) is 11. The molecule has 1 amide bonds. The summed E-state index contributed by atoms with van der Waals surface area (Å²) in [6.45, 7) is 1.94. The number of nitro groups is 2. The Labute approximate surface area is 188 Å². The fraction of sp³-hybridized carbons (Fsp3) is 0.0526. The predicted molar refractivity (Wildman–Crippen MR) is 121 cm³/mol. The highest BCUT2D eigenvalue weighted by Gasteiger charge is 2.25. The van der Waals surface area contributed by atoms with Gasteiger partial charge in [-0.15, -0.1) is 0 Å². The van der Waals surface area contributed by atoms with Crippen molar-refractivity contribution in [2.75, 3.05) is 10.7 Å². The van der Waals surface area contributed by atoms with Crippen LogP contribution < -0.4 is 16.2 Å². The molecule has 2 aromatic heterocycles. The highest BCUT2D eigenvalue weighted by atomic mass is 32.1. The van der Waals surface area contributed by atoms with Gasteiger partial charge in [-0.1, -0.05) is 29.5 Å². The van der Waals surface area contributed by atoms with Crippen LogP contribution in [0, 0.1) is 27.2 Å². The zero-order valence-electron chi connectivity index (χ0n) is 16.8. The van der Waals surface area contributed by atoms with Crippen LogP contribution in [0.3, 0.4) is 0 Å². The molecule has 3 N–H and O–H groups in total. The van der Waals surface area contributed by atoms with Gasteiger partial charge in [0.1, 0.15) is 11.9 Å². The number of thiazole rings is 1. The molecular formula is C19H14N8O5S. The van der Waals surface area contributed by atoms with Crippen LogP contribution in [0.2, 0.25) is 0 Å². The van der Waals surface area contributed by atoms with E-state index < -0.39 is 27.1 Å². The summed E-state index contributed by atoms with van der Waals surface area (Å²) in [5, 5.41) is 26.1. The fourth-order valence-electron chi connectivity index (χ4n) is 2.93. The lowest BCUT2D eigenvalue weighted by Gasteiger charge is -2.10. The molecule has 0 saturated carbocycles. The third-order valence-electron chi connectivity index (χ3n) is 4.41. The molecule has 0 spiro atoms. The number of nitrogens with one attached hydrogen (secondary N) is 3. The standard InChI is InChI=1S/C19H14N8O5S/c1-10-6-7-12-14(8-10)33-19(22-12)23-16-15(27(31)32)17(21-9-20-16)24-25-18(28)11-4-2-3-5-13(11)26(29)30/h2-9H,1H3,(H,25,28)(H2,20,21,22,23,24). The number of aryl methyl sites for hydroxylation is 1. The number of nitrogens with zero attached hydrogens (tertiary/aromatic N) is 5. The Morgan fingerprint density at radius 1 is 1.03 bits per heavy atom. The maximum absolute atomic E-state index is 12.4. The molecule has 2 heterocycles. The zero-order valence-corrected chi connectivity index (χ0v) is 17.6. The zero-order chi connectivity index (χ0) is 23.5. The number of para-hydroxylation sites is 1. The van der Waals surface area contributed by atoms with E-state index in [4.69, 9.17) is 0 Å². The van der Waals surface area contributed by atoms with Crippen molar-refractivity contribution in [1.29, 1.82) is 0 Å². The van der Waals surface area contributed by atoms with Gasteiger partial charge in [0.05, 0.1) is 20.1 Å². The Morgan fingerprint density at radius 2 is 1.79 bits per heavy atom. The number of aromatic nitrogens is 3. The van der Waals surface area contributed by atoms with Crippen molar-refractivity contribution in [3.05, 3.63) is 80.1 Å². The molecule has 0 aliphatic carbocycles. The minimum atomic E-state index is -0.869. The summed E-state index contributed by atoms with van der Waals surface area (Å²) < 4.78 is 0.893. The summed E-state index contributed by atoms with van der Waals surface area (Å²) in [4.78, 5) is 46.0. The van der Waals surface area contributed by atoms with Crippen LogP contribution in [0.1, 0.15) is 15.9 Å². The quantitative estimate of drug-likeness (QED) is 0.268. The Balaban J connectivity index is 1.59. The number of amides is 1. The number of benzene rings is 2. The smallest absolute Gasteiger partial charge is 0.310 e. The molecule has 0 radical (unpaired) electrons. The topological polar surface area (TPSA) is 178 Å². The highest BCUT2D eigenvalue weighted by Crippen LogP contribution is 2.34. The van der Waals surface area contributed by atoms with Gasteiger partial charge >= 0.3 is 5.69 Å². The van der Waals surface area contributed by atoms with Crippen molar-refractivity contribution in [2.45, 2.75) is 6.92 Å². The van der Waals surface area contributed by atoms with Crippen LogP contribution in [0.5, 0.6) is 0 Å². The third-order valence-corrected chi connectivity index (χ3v) is 5.35. The van der Waals surface area contributed by atoms with Gasteiger partial charge in [-0.3, -0.25) is 35.9 Å². The van der Waals surface area contributed by atoms with E-state index in [1.54, 1.807) is 0 Å². The second kappa shape index (κ2) is 8.80. The molecule has 14 heteroatoms. The molecule has 4 rings (SSSR count). The van der Waals surface area contributed by atoms with Crippen molar-refractivity contribution >= 4 is 55.6 Å². The number of nitro benzene ring substituents is 1. The number of carbonyl (C=O) groups excluding carboxylic acids is 1. The lowest BCUT2D eigenvalue weighted by Crippen LogP contribution is -2.30. The molecule has 2 aromatic carbocycles. The Kier molecular flexibility index (Phi) is 5.73. The molecule has 0 aliphatic heterocycles. The molecule has 33 heavy (non-hydrogen) atoms. The van der Waals surface area contributed by atoms with Crippen LogP contribution in [0.15, 0.2) is 48.8 Å². The van der Waals surface area contributed by atoms with Gasteiger partial charge in [0.15, 0.2) is 5.13 Å². The second-order valence-corrected chi connectivity index (χ2v) is 7.68. The number of hydrogen-bond donors (Lipinski definition) is 3. The van der Waals surface area contributed by atoms with Gasteiger partial charge in [0.25, 0.3) is 11.6 Å². The van der Waals surface area contributed by atoms with Crippen LogP contribution >= 0.6 is 11.3 Å². The molecule has 0 unspecified atom stereocenters. The van der Waals surface area contributed by atoms with Crippen LogP contribution in [0.4, 0.5) is 28.1 Å². The van der Waals surface area contributed by atoms with Crippen LogP contribution in [-0.2, 0) is 0 Å². The molecule has 0 fully saturated rings. The van der Waals surface area contributed by atoms with E-state index in [2.05, 4.69) is 31.1 Å². The van der Waals surface area contributed by atoms with Gasteiger partial charge in [-0.05, 0) is 30.7 Å². The van der Waals surface area contributed by atoms with Gasteiger partial charge in [-0.2, -0.15) is 0 Å². The van der Waals surface area contributed by atoms with Crippen molar-refractivity contribution in [3.8, 4) is 0 Å². The summed E-state index contributed by atoms with van der Waals surface area (Å²) in [5.41, 5.74) is 5.13. The van der Waals surface area contributed by atoms with Gasteiger partial charge in [-0.25, -0.2) is 15.0 Å². The molecule has 0 atom stereocenters. The average molecular weight is 466 g/mol. The minimum Gasteiger partial charge on any atom is -0.310 e. The summed E-state index contributed by atoms with van der Waals surface area (Å²) in [5.74, 6) is -1.33. The molecule has 0 aliphatic rings. The maximum Gasteiger partial charge on any atom is 0.355 e. The lowest BCUT2D eigenvalue weighted by molar-refractivity contribution is -0.385. The summed E-state index contributed by atoms with van der Waals surface area (Å²) >= 11 is 1.29. The van der Waals surface area contributed by atoms with Gasteiger partial charge < -0.3 is 5.32 Å². The van der Waals surface area contributed by atoms with Crippen molar-refractivity contribution in [3.63, 3.8) is 0 Å². The minimum absolute atomic E-state index is 0.145. The first-order valence-corrected chi connectivity index (χ1v) is 10.1. The summed E-state index contributed by atoms with van der Waals surface area (Å²) in [6.07, 6.45) is 1.06. The van der Waals surface area contributed by atoms with Crippen molar-refractivity contribution < 1.29 is 14.6 Å². The maximum atomic E-state index is 12.4. The number of anilines is 3. The fourth-order valence-corrected chi connectivity index (χ4v) is 3.89.